The predicted octanol–water partition coefficient (Wildman–Crippen LogP) is 3.77. The fourth-order valence-electron chi connectivity index (χ4n) is 1.97. The molecular weight excluding hydrogens is 282 g/mol. The molecule has 104 valence electrons. The van der Waals surface area contributed by atoms with Crippen LogP contribution in [0.5, 0.6) is 0 Å². The van der Waals surface area contributed by atoms with E-state index in [2.05, 4.69) is 15.3 Å². The summed E-state index contributed by atoms with van der Waals surface area (Å²) in [5, 5.41) is 3.38. The van der Waals surface area contributed by atoms with Gasteiger partial charge in [-0.25, -0.2) is 4.98 Å². The summed E-state index contributed by atoms with van der Waals surface area (Å²) in [7, 11) is 0. The molecule has 0 spiro atoms. The van der Waals surface area contributed by atoms with Gasteiger partial charge < -0.3 is 0 Å². The summed E-state index contributed by atoms with van der Waals surface area (Å²) < 4.78 is 0. The summed E-state index contributed by atoms with van der Waals surface area (Å²) in [4.78, 5) is 21.6. The van der Waals surface area contributed by atoms with Gasteiger partial charge in [-0.2, -0.15) is 0 Å². The van der Waals surface area contributed by atoms with Gasteiger partial charge in [0, 0.05) is 6.20 Å². The molecule has 4 nitrogen and oxygen atoms in total. The first-order valence-electron chi connectivity index (χ1n) is 6.49. The second kappa shape index (κ2) is 5.85. The van der Waals surface area contributed by atoms with E-state index in [1.807, 2.05) is 37.3 Å². The first-order chi connectivity index (χ1) is 10.2. The van der Waals surface area contributed by atoms with Crippen LogP contribution in [-0.2, 0) is 0 Å². The summed E-state index contributed by atoms with van der Waals surface area (Å²) in [5.41, 5.74) is 2.39. The molecule has 0 aliphatic heterocycles. The summed E-state index contributed by atoms with van der Waals surface area (Å²) >= 11 is 1.46. The number of nitrogens with zero attached hydrogens (tertiary/aromatic N) is 2. The molecule has 2 aromatic heterocycles. The quantitative estimate of drug-likeness (QED) is 0.800. The predicted molar refractivity (Wildman–Crippen MR) is 84.5 cm³/mol. The zero-order valence-corrected chi connectivity index (χ0v) is 12.2. The highest BCUT2D eigenvalue weighted by molar-refractivity contribution is 7.19. The molecule has 3 aromatic rings. The second-order valence-corrected chi connectivity index (χ2v) is 5.47. The highest BCUT2D eigenvalue weighted by Crippen LogP contribution is 2.32. The van der Waals surface area contributed by atoms with E-state index in [0.717, 1.165) is 16.1 Å². The van der Waals surface area contributed by atoms with Gasteiger partial charge in [-0.3, -0.25) is 15.1 Å². The van der Waals surface area contributed by atoms with Crippen LogP contribution in [-0.4, -0.2) is 15.9 Å². The van der Waals surface area contributed by atoms with E-state index in [1.54, 1.807) is 24.4 Å². The topological polar surface area (TPSA) is 54.9 Å². The number of nitrogens with one attached hydrogen (secondary N) is 1. The maximum absolute atomic E-state index is 12.1. The molecule has 0 saturated carbocycles. The van der Waals surface area contributed by atoms with Crippen LogP contribution in [0.4, 0.5) is 5.13 Å². The summed E-state index contributed by atoms with van der Waals surface area (Å²) in [6.07, 6.45) is 1.59. The smallest absolute Gasteiger partial charge is 0.276 e. The van der Waals surface area contributed by atoms with Crippen molar-refractivity contribution in [2.75, 3.05) is 5.32 Å². The molecule has 0 atom stereocenters. The lowest BCUT2D eigenvalue weighted by Gasteiger charge is -1.99. The molecule has 0 bridgehead atoms. The van der Waals surface area contributed by atoms with Crippen LogP contribution in [0.15, 0.2) is 54.7 Å². The third-order valence-electron chi connectivity index (χ3n) is 2.95. The lowest BCUT2D eigenvalue weighted by Crippen LogP contribution is -2.13. The Morgan fingerprint density at radius 1 is 1.10 bits per heavy atom. The number of aromatic nitrogens is 2. The molecule has 3 rings (SSSR count). The minimum atomic E-state index is -0.246. The Bertz CT molecular complexity index is 754. The van der Waals surface area contributed by atoms with Crippen LogP contribution in [0, 0.1) is 6.92 Å². The van der Waals surface area contributed by atoms with Crippen LogP contribution >= 0.6 is 11.3 Å². The molecule has 0 aliphatic rings. The van der Waals surface area contributed by atoms with Crippen LogP contribution in [0.25, 0.3) is 10.4 Å². The van der Waals surface area contributed by atoms with Gasteiger partial charge in [-0.05, 0) is 24.6 Å². The van der Waals surface area contributed by atoms with Crippen LogP contribution < -0.4 is 5.32 Å². The molecular formula is C16H13N3OS. The summed E-state index contributed by atoms with van der Waals surface area (Å²) in [6.45, 7) is 1.94. The maximum Gasteiger partial charge on any atom is 0.276 e. The lowest BCUT2D eigenvalue weighted by atomic mass is 10.2. The standard InChI is InChI=1S/C16H13N3OS/c1-11-14(12-7-3-2-4-8-12)21-16(18-11)19-15(20)13-9-5-6-10-17-13/h2-10H,1H3,(H,18,19,20). The Labute approximate surface area is 126 Å². The lowest BCUT2D eigenvalue weighted by molar-refractivity contribution is 0.102. The van der Waals surface area contributed by atoms with E-state index in [1.165, 1.54) is 11.3 Å². The average Bonchev–Trinajstić information content (AvgIpc) is 2.89. The van der Waals surface area contributed by atoms with Crippen LogP contribution in [0.3, 0.4) is 0 Å². The molecule has 0 unspecified atom stereocenters. The fraction of sp³-hybridized carbons (Fsp3) is 0.0625. The number of carbonyl (C=O) groups excluding carboxylic acids is 1. The first-order valence-corrected chi connectivity index (χ1v) is 7.31. The van der Waals surface area contributed by atoms with Crippen molar-refractivity contribution in [3.63, 3.8) is 0 Å². The SMILES string of the molecule is Cc1nc(NC(=O)c2ccccn2)sc1-c1ccccc1. The second-order valence-electron chi connectivity index (χ2n) is 4.47. The van der Waals surface area contributed by atoms with Crippen molar-refractivity contribution in [2.45, 2.75) is 6.92 Å². The van der Waals surface area contributed by atoms with Crippen molar-refractivity contribution in [3.8, 4) is 10.4 Å². The number of carbonyl (C=O) groups is 1. The molecule has 2 heterocycles. The number of anilines is 1. The van der Waals surface area contributed by atoms with Crippen molar-refractivity contribution in [1.82, 2.24) is 9.97 Å². The molecule has 5 heteroatoms. The third-order valence-corrected chi connectivity index (χ3v) is 4.07. The highest BCUT2D eigenvalue weighted by atomic mass is 32.1. The molecule has 1 amide bonds. The number of rotatable bonds is 3. The Balaban J connectivity index is 1.84. The van der Waals surface area contributed by atoms with Crippen molar-refractivity contribution in [1.29, 1.82) is 0 Å². The van der Waals surface area contributed by atoms with Crippen molar-refractivity contribution >= 4 is 22.4 Å². The van der Waals surface area contributed by atoms with Gasteiger partial charge in [0.15, 0.2) is 5.13 Å². The maximum atomic E-state index is 12.1. The van der Waals surface area contributed by atoms with Gasteiger partial charge in [0.2, 0.25) is 0 Å². The minimum absolute atomic E-state index is 0.246. The normalized spacial score (nSPS) is 10.3. The number of hydrogen-bond acceptors (Lipinski definition) is 4. The zero-order valence-electron chi connectivity index (χ0n) is 11.4. The van der Waals surface area contributed by atoms with Gasteiger partial charge in [-0.15, -0.1) is 0 Å². The molecule has 1 aromatic carbocycles. The number of pyridine rings is 1. The summed E-state index contributed by atoms with van der Waals surface area (Å²) in [6, 6.07) is 15.2. The van der Waals surface area contributed by atoms with Gasteiger partial charge in [0.25, 0.3) is 5.91 Å². The Kier molecular flexibility index (Phi) is 3.75. The van der Waals surface area contributed by atoms with E-state index >= 15 is 0 Å². The Morgan fingerprint density at radius 2 is 1.86 bits per heavy atom. The number of benzene rings is 1. The fourth-order valence-corrected chi connectivity index (χ4v) is 2.93. The molecule has 0 radical (unpaired) electrons. The van der Waals surface area contributed by atoms with Gasteiger partial charge >= 0.3 is 0 Å². The minimum Gasteiger partial charge on any atom is -0.296 e. The summed E-state index contributed by atoms with van der Waals surface area (Å²) in [5.74, 6) is -0.246. The first kappa shape index (κ1) is 13.5. The van der Waals surface area contributed by atoms with Crippen LogP contribution in [0.1, 0.15) is 16.2 Å². The number of hydrogen-bond donors (Lipinski definition) is 1. The number of amides is 1. The molecule has 0 aliphatic carbocycles. The van der Waals surface area contributed by atoms with Crippen molar-refractivity contribution in [3.05, 3.63) is 66.1 Å². The molecule has 0 fully saturated rings. The number of thiazole rings is 1. The van der Waals surface area contributed by atoms with E-state index in [9.17, 15) is 4.79 Å². The number of aryl methyl sites for hydroxylation is 1. The van der Waals surface area contributed by atoms with Gasteiger partial charge in [-0.1, -0.05) is 47.7 Å². The van der Waals surface area contributed by atoms with E-state index < -0.39 is 0 Å². The largest absolute Gasteiger partial charge is 0.296 e. The van der Waals surface area contributed by atoms with E-state index in [-0.39, 0.29) is 5.91 Å². The van der Waals surface area contributed by atoms with Crippen LogP contribution in [0.2, 0.25) is 0 Å². The Hall–Kier alpha value is -2.53. The van der Waals surface area contributed by atoms with Crippen molar-refractivity contribution in [2.24, 2.45) is 0 Å². The molecule has 21 heavy (non-hydrogen) atoms. The zero-order chi connectivity index (χ0) is 14.7. The average molecular weight is 295 g/mol. The Morgan fingerprint density at radius 3 is 2.57 bits per heavy atom. The molecule has 1 N–H and O–H groups in total. The van der Waals surface area contributed by atoms with Crippen molar-refractivity contribution < 1.29 is 4.79 Å². The highest BCUT2D eigenvalue weighted by Gasteiger charge is 2.13. The van der Waals surface area contributed by atoms with E-state index in [0.29, 0.717) is 10.8 Å². The van der Waals surface area contributed by atoms with Gasteiger partial charge in [0.05, 0.1) is 10.6 Å². The molecule has 0 saturated heterocycles. The van der Waals surface area contributed by atoms with E-state index in [4.69, 9.17) is 0 Å². The monoisotopic (exact) mass is 295 g/mol. The van der Waals surface area contributed by atoms with Gasteiger partial charge in [0.1, 0.15) is 5.69 Å². The third kappa shape index (κ3) is 2.98.